The molecule has 0 fully saturated rings. The Balaban J connectivity index is 3.68. The summed E-state index contributed by atoms with van der Waals surface area (Å²) in [4.78, 5) is 13.3. The van der Waals surface area contributed by atoms with Crippen LogP contribution in [0.5, 0.6) is 0 Å². The summed E-state index contributed by atoms with van der Waals surface area (Å²) in [5.74, 6) is 0.185. The third-order valence-electron chi connectivity index (χ3n) is 1.71. The molecule has 0 saturated carbocycles. The van der Waals surface area contributed by atoms with Crippen LogP contribution in [-0.4, -0.2) is 38.1 Å². The summed E-state index contributed by atoms with van der Waals surface area (Å²) < 4.78 is 5.04. The van der Waals surface area contributed by atoms with E-state index >= 15 is 0 Å². The van der Waals surface area contributed by atoms with Crippen LogP contribution in [-0.2, 0) is 9.53 Å². The van der Waals surface area contributed by atoms with Gasteiger partial charge in [-0.1, -0.05) is 20.4 Å². The monoisotopic (exact) mass is 199 g/mol. The lowest BCUT2D eigenvalue weighted by molar-refractivity contribution is -0.139. The largest absolute Gasteiger partial charge is 0.461 e. The van der Waals surface area contributed by atoms with Gasteiger partial charge in [-0.25, -0.2) is 4.79 Å². The average Bonchev–Trinajstić information content (AvgIpc) is 2.01. The van der Waals surface area contributed by atoms with Crippen LogP contribution in [0.3, 0.4) is 0 Å². The van der Waals surface area contributed by atoms with Crippen molar-refractivity contribution in [3.63, 3.8) is 0 Å². The van der Waals surface area contributed by atoms with Gasteiger partial charge in [-0.15, -0.1) is 0 Å². The molecule has 0 N–H and O–H groups in total. The summed E-state index contributed by atoms with van der Waals surface area (Å²) in [5, 5.41) is 0. The predicted molar refractivity (Wildman–Crippen MR) is 58.1 cm³/mol. The van der Waals surface area contributed by atoms with Crippen LogP contribution in [0.15, 0.2) is 12.2 Å². The fourth-order valence-electron chi connectivity index (χ4n) is 0.999. The van der Waals surface area contributed by atoms with Crippen LogP contribution < -0.4 is 0 Å². The van der Waals surface area contributed by atoms with Crippen LogP contribution in [0.4, 0.5) is 0 Å². The molecule has 0 aromatic rings. The molecule has 0 aliphatic carbocycles. The second-order valence-electron chi connectivity index (χ2n) is 4.14. The van der Waals surface area contributed by atoms with E-state index in [-0.39, 0.29) is 5.97 Å². The van der Waals surface area contributed by atoms with E-state index in [1.165, 1.54) is 0 Å². The topological polar surface area (TPSA) is 29.5 Å². The van der Waals surface area contributed by atoms with Gasteiger partial charge in [0.2, 0.25) is 0 Å². The summed E-state index contributed by atoms with van der Waals surface area (Å²) in [6.07, 6.45) is 0.709. The fraction of sp³-hybridized carbons (Fsp3) is 0.727. The molecule has 0 amide bonds. The second-order valence-corrected chi connectivity index (χ2v) is 4.14. The van der Waals surface area contributed by atoms with Gasteiger partial charge in [0, 0.05) is 12.1 Å². The Morgan fingerprint density at radius 3 is 2.43 bits per heavy atom. The van der Waals surface area contributed by atoms with E-state index in [0.29, 0.717) is 24.5 Å². The van der Waals surface area contributed by atoms with Gasteiger partial charge >= 0.3 is 5.97 Å². The number of hydrogen-bond donors (Lipinski definition) is 0. The minimum absolute atomic E-state index is 0.263. The molecular formula is C11H21NO2. The zero-order valence-corrected chi connectivity index (χ0v) is 9.67. The SMILES string of the molecule is C=C(CC(C)C)C(=O)OCCN(C)C. The Kier molecular flexibility index (Phi) is 6.21. The fourth-order valence-corrected chi connectivity index (χ4v) is 0.999. The molecule has 14 heavy (non-hydrogen) atoms. The van der Waals surface area contributed by atoms with Crippen molar-refractivity contribution >= 4 is 5.97 Å². The van der Waals surface area contributed by atoms with Crippen LogP contribution in [0, 0.1) is 5.92 Å². The maximum absolute atomic E-state index is 11.3. The van der Waals surface area contributed by atoms with Crippen molar-refractivity contribution in [1.29, 1.82) is 0 Å². The number of hydrogen-bond acceptors (Lipinski definition) is 3. The minimum Gasteiger partial charge on any atom is -0.461 e. The van der Waals surface area contributed by atoms with Crippen molar-refractivity contribution in [2.75, 3.05) is 27.2 Å². The third-order valence-corrected chi connectivity index (χ3v) is 1.71. The van der Waals surface area contributed by atoms with Gasteiger partial charge in [0.1, 0.15) is 6.61 Å². The van der Waals surface area contributed by atoms with Crippen LogP contribution in [0.1, 0.15) is 20.3 Å². The Bertz CT molecular complexity index is 197. The molecule has 82 valence electrons. The first kappa shape index (κ1) is 13.2. The first-order valence-electron chi connectivity index (χ1n) is 4.93. The number of carbonyl (C=O) groups excluding carboxylic acids is 1. The Morgan fingerprint density at radius 2 is 2.00 bits per heavy atom. The summed E-state index contributed by atoms with van der Waals surface area (Å²) in [5.41, 5.74) is 0.568. The first-order chi connectivity index (χ1) is 6.43. The average molecular weight is 199 g/mol. The van der Waals surface area contributed by atoms with E-state index in [1.807, 2.05) is 19.0 Å². The summed E-state index contributed by atoms with van der Waals surface area (Å²) in [6.45, 7) is 9.00. The number of ether oxygens (including phenoxy) is 1. The third kappa shape index (κ3) is 6.66. The number of likely N-dealkylation sites (N-methyl/N-ethyl adjacent to an activating group) is 1. The van der Waals surface area contributed by atoms with Gasteiger partial charge in [-0.2, -0.15) is 0 Å². The van der Waals surface area contributed by atoms with Crippen molar-refractivity contribution in [2.24, 2.45) is 5.92 Å². The zero-order chi connectivity index (χ0) is 11.1. The number of rotatable bonds is 6. The van der Waals surface area contributed by atoms with Crippen molar-refractivity contribution in [3.8, 4) is 0 Å². The summed E-state index contributed by atoms with van der Waals surface area (Å²) in [6, 6.07) is 0. The Morgan fingerprint density at radius 1 is 1.43 bits per heavy atom. The number of esters is 1. The molecule has 0 bridgehead atoms. The maximum atomic E-state index is 11.3. The van der Waals surface area contributed by atoms with E-state index in [0.717, 1.165) is 6.54 Å². The van der Waals surface area contributed by atoms with Crippen molar-refractivity contribution < 1.29 is 9.53 Å². The molecule has 0 rings (SSSR count). The Labute approximate surface area is 86.7 Å². The normalized spacial score (nSPS) is 10.7. The first-order valence-corrected chi connectivity index (χ1v) is 4.93. The van der Waals surface area contributed by atoms with E-state index in [4.69, 9.17) is 4.74 Å². The Hall–Kier alpha value is -0.830. The van der Waals surface area contributed by atoms with E-state index in [9.17, 15) is 4.79 Å². The highest BCUT2D eigenvalue weighted by Crippen LogP contribution is 2.09. The van der Waals surface area contributed by atoms with Crippen molar-refractivity contribution in [3.05, 3.63) is 12.2 Å². The van der Waals surface area contributed by atoms with Gasteiger partial charge in [-0.3, -0.25) is 0 Å². The summed E-state index contributed by atoms with van der Waals surface area (Å²) in [7, 11) is 3.88. The van der Waals surface area contributed by atoms with Gasteiger partial charge in [0.05, 0.1) is 0 Å². The number of nitrogens with zero attached hydrogens (tertiary/aromatic N) is 1. The minimum atomic E-state index is -0.263. The molecule has 0 saturated heterocycles. The molecule has 0 radical (unpaired) electrons. The highest BCUT2D eigenvalue weighted by molar-refractivity contribution is 5.87. The zero-order valence-electron chi connectivity index (χ0n) is 9.67. The van der Waals surface area contributed by atoms with Crippen molar-refractivity contribution in [1.82, 2.24) is 4.90 Å². The molecule has 0 spiro atoms. The van der Waals surface area contributed by atoms with Crippen LogP contribution >= 0.6 is 0 Å². The highest BCUT2D eigenvalue weighted by Gasteiger charge is 2.09. The van der Waals surface area contributed by atoms with Gasteiger partial charge in [-0.05, 0) is 26.4 Å². The standard InChI is InChI=1S/C11H21NO2/c1-9(2)8-10(3)11(13)14-7-6-12(4)5/h9H,3,6-8H2,1-2,4-5H3. The molecule has 3 heteroatoms. The van der Waals surface area contributed by atoms with Crippen LogP contribution in [0.25, 0.3) is 0 Å². The van der Waals surface area contributed by atoms with Gasteiger partial charge in [0.25, 0.3) is 0 Å². The second kappa shape index (κ2) is 6.60. The molecule has 0 aromatic heterocycles. The molecule has 0 heterocycles. The van der Waals surface area contributed by atoms with Gasteiger partial charge in [0.15, 0.2) is 0 Å². The lowest BCUT2D eigenvalue weighted by atomic mass is 10.1. The number of carbonyl (C=O) groups is 1. The van der Waals surface area contributed by atoms with Gasteiger partial charge < -0.3 is 9.64 Å². The van der Waals surface area contributed by atoms with Crippen molar-refractivity contribution in [2.45, 2.75) is 20.3 Å². The van der Waals surface area contributed by atoms with E-state index < -0.39 is 0 Å². The van der Waals surface area contributed by atoms with E-state index in [2.05, 4.69) is 20.4 Å². The maximum Gasteiger partial charge on any atom is 0.333 e. The molecule has 0 atom stereocenters. The van der Waals surface area contributed by atoms with E-state index in [1.54, 1.807) is 0 Å². The quantitative estimate of drug-likeness (QED) is 0.481. The highest BCUT2D eigenvalue weighted by atomic mass is 16.5. The lowest BCUT2D eigenvalue weighted by Gasteiger charge is -2.11. The molecule has 0 aliphatic heterocycles. The molecular weight excluding hydrogens is 178 g/mol. The lowest BCUT2D eigenvalue weighted by Crippen LogP contribution is -2.20. The molecule has 0 aliphatic rings. The van der Waals surface area contributed by atoms with Crippen LogP contribution in [0.2, 0.25) is 0 Å². The smallest absolute Gasteiger partial charge is 0.333 e. The molecule has 3 nitrogen and oxygen atoms in total. The predicted octanol–water partition coefficient (Wildman–Crippen LogP) is 1.69. The molecule has 0 unspecified atom stereocenters. The summed E-state index contributed by atoms with van der Waals surface area (Å²) >= 11 is 0. The molecule has 0 aromatic carbocycles.